The molecule has 16 heavy (non-hydrogen) atoms. The Morgan fingerprint density at radius 3 is 2.75 bits per heavy atom. The van der Waals surface area contributed by atoms with Crippen LogP contribution in [0.15, 0.2) is 28.7 Å². The standard InChI is InChI=1S/C12H18BrNO2/c1-15-10-8-14-7-4-9-16-12-6-3-2-5-11(12)13/h2-3,5-6,14H,4,7-10H2,1H3. The highest BCUT2D eigenvalue weighted by atomic mass is 79.9. The summed E-state index contributed by atoms with van der Waals surface area (Å²) in [5.41, 5.74) is 0. The third-order valence-electron chi connectivity index (χ3n) is 2.08. The second-order valence-electron chi connectivity index (χ2n) is 3.38. The zero-order valence-corrected chi connectivity index (χ0v) is 11.1. The Hall–Kier alpha value is -0.580. The van der Waals surface area contributed by atoms with Crippen molar-refractivity contribution in [2.75, 3.05) is 33.4 Å². The Kier molecular flexibility index (Phi) is 7.21. The van der Waals surface area contributed by atoms with Crippen molar-refractivity contribution >= 4 is 15.9 Å². The van der Waals surface area contributed by atoms with Crippen molar-refractivity contribution in [3.05, 3.63) is 28.7 Å². The van der Waals surface area contributed by atoms with Crippen LogP contribution >= 0.6 is 15.9 Å². The van der Waals surface area contributed by atoms with Gasteiger partial charge in [-0.25, -0.2) is 0 Å². The number of para-hydroxylation sites is 1. The molecule has 0 saturated carbocycles. The number of rotatable bonds is 8. The van der Waals surface area contributed by atoms with Crippen LogP contribution in [-0.2, 0) is 4.74 Å². The fraction of sp³-hybridized carbons (Fsp3) is 0.500. The highest BCUT2D eigenvalue weighted by Crippen LogP contribution is 2.23. The summed E-state index contributed by atoms with van der Waals surface area (Å²) in [5, 5.41) is 3.27. The third kappa shape index (κ3) is 5.49. The number of hydrogen-bond donors (Lipinski definition) is 1. The molecule has 1 aromatic rings. The fourth-order valence-electron chi connectivity index (χ4n) is 1.24. The van der Waals surface area contributed by atoms with Crippen molar-refractivity contribution in [2.45, 2.75) is 6.42 Å². The molecule has 0 saturated heterocycles. The van der Waals surface area contributed by atoms with E-state index in [0.717, 1.165) is 42.9 Å². The first-order valence-corrected chi connectivity index (χ1v) is 6.21. The molecule has 0 unspecified atom stereocenters. The lowest BCUT2D eigenvalue weighted by molar-refractivity contribution is 0.198. The van der Waals surface area contributed by atoms with E-state index in [1.807, 2.05) is 24.3 Å². The van der Waals surface area contributed by atoms with Crippen molar-refractivity contribution in [3.63, 3.8) is 0 Å². The Labute approximate surface area is 105 Å². The third-order valence-corrected chi connectivity index (χ3v) is 2.73. The first-order valence-electron chi connectivity index (χ1n) is 5.41. The minimum atomic E-state index is 0.725. The number of halogens is 1. The average molecular weight is 288 g/mol. The van der Waals surface area contributed by atoms with Crippen molar-refractivity contribution in [1.29, 1.82) is 0 Å². The number of ether oxygens (including phenoxy) is 2. The lowest BCUT2D eigenvalue weighted by atomic mass is 10.3. The lowest BCUT2D eigenvalue weighted by Gasteiger charge is -2.08. The maximum Gasteiger partial charge on any atom is 0.133 e. The Balaban J connectivity index is 2.05. The highest BCUT2D eigenvalue weighted by molar-refractivity contribution is 9.10. The average Bonchev–Trinajstić information content (AvgIpc) is 2.30. The number of nitrogens with one attached hydrogen (secondary N) is 1. The number of hydrogen-bond acceptors (Lipinski definition) is 3. The van der Waals surface area contributed by atoms with Gasteiger partial charge in [0.15, 0.2) is 0 Å². The van der Waals surface area contributed by atoms with E-state index in [1.165, 1.54) is 0 Å². The van der Waals surface area contributed by atoms with E-state index in [0.29, 0.717) is 0 Å². The van der Waals surface area contributed by atoms with Crippen molar-refractivity contribution in [1.82, 2.24) is 5.32 Å². The molecular weight excluding hydrogens is 270 g/mol. The second kappa shape index (κ2) is 8.56. The van der Waals surface area contributed by atoms with Gasteiger partial charge in [-0.2, -0.15) is 0 Å². The summed E-state index contributed by atoms with van der Waals surface area (Å²) in [5.74, 6) is 0.902. The maximum absolute atomic E-state index is 5.63. The smallest absolute Gasteiger partial charge is 0.133 e. The summed E-state index contributed by atoms with van der Waals surface area (Å²) < 4.78 is 11.6. The van der Waals surface area contributed by atoms with Gasteiger partial charge in [0.05, 0.1) is 17.7 Å². The molecule has 0 aliphatic carbocycles. The van der Waals surface area contributed by atoms with Gasteiger partial charge in [0.25, 0.3) is 0 Å². The molecule has 1 aromatic carbocycles. The van der Waals surface area contributed by atoms with Crippen LogP contribution < -0.4 is 10.1 Å². The molecule has 0 spiro atoms. The topological polar surface area (TPSA) is 30.5 Å². The van der Waals surface area contributed by atoms with Crippen LogP contribution in [0.3, 0.4) is 0 Å². The Morgan fingerprint density at radius 1 is 1.19 bits per heavy atom. The van der Waals surface area contributed by atoms with E-state index >= 15 is 0 Å². The molecule has 0 fully saturated rings. The number of methoxy groups -OCH3 is 1. The quantitative estimate of drug-likeness (QED) is 0.745. The normalized spacial score (nSPS) is 10.4. The van der Waals surface area contributed by atoms with Crippen molar-refractivity contribution < 1.29 is 9.47 Å². The molecule has 0 radical (unpaired) electrons. The van der Waals surface area contributed by atoms with E-state index in [-0.39, 0.29) is 0 Å². The SMILES string of the molecule is COCCNCCCOc1ccccc1Br. The molecule has 1 rings (SSSR count). The largest absolute Gasteiger partial charge is 0.492 e. The molecular formula is C12H18BrNO2. The van der Waals surface area contributed by atoms with Gasteiger partial charge in [0.1, 0.15) is 5.75 Å². The van der Waals surface area contributed by atoms with Crippen LogP contribution in [0.25, 0.3) is 0 Å². The fourth-order valence-corrected chi connectivity index (χ4v) is 1.64. The van der Waals surface area contributed by atoms with Crippen molar-refractivity contribution in [3.8, 4) is 5.75 Å². The van der Waals surface area contributed by atoms with Crippen molar-refractivity contribution in [2.24, 2.45) is 0 Å². The van der Waals surface area contributed by atoms with Gasteiger partial charge < -0.3 is 14.8 Å². The lowest BCUT2D eigenvalue weighted by Crippen LogP contribution is -2.21. The van der Waals surface area contributed by atoms with Gasteiger partial charge in [-0.1, -0.05) is 12.1 Å². The second-order valence-corrected chi connectivity index (χ2v) is 4.23. The molecule has 0 bridgehead atoms. The van der Waals surface area contributed by atoms with Gasteiger partial charge in [0, 0.05) is 13.7 Å². The van der Waals surface area contributed by atoms with E-state index in [1.54, 1.807) is 7.11 Å². The molecule has 1 N–H and O–H groups in total. The van der Waals surface area contributed by atoms with Gasteiger partial charge >= 0.3 is 0 Å². The van der Waals surface area contributed by atoms with E-state index < -0.39 is 0 Å². The van der Waals surface area contributed by atoms with Crippen LogP contribution in [0.2, 0.25) is 0 Å². The molecule has 4 heteroatoms. The zero-order chi connectivity index (χ0) is 11.6. The maximum atomic E-state index is 5.63. The molecule has 0 aliphatic heterocycles. The van der Waals surface area contributed by atoms with Crippen LogP contribution in [-0.4, -0.2) is 33.4 Å². The first-order chi connectivity index (χ1) is 7.84. The first kappa shape index (κ1) is 13.5. The minimum Gasteiger partial charge on any atom is -0.492 e. The van der Waals surface area contributed by atoms with Crippen LogP contribution in [0.5, 0.6) is 5.75 Å². The van der Waals surface area contributed by atoms with E-state index in [9.17, 15) is 0 Å². The molecule has 90 valence electrons. The van der Waals surface area contributed by atoms with Crippen LogP contribution in [0.4, 0.5) is 0 Å². The van der Waals surface area contributed by atoms with Gasteiger partial charge in [-0.3, -0.25) is 0 Å². The molecule has 0 aromatic heterocycles. The molecule has 0 aliphatic rings. The molecule has 0 heterocycles. The van der Waals surface area contributed by atoms with Gasteiger partial charge in [0.2, 0.25) is 0 Å². The minimum absolute atomic E-state index is 0.725. The zero-order valence-electron chi connectivity index (χ0n) is 9.54. The molecule has 0 amide bonds. The van der Waals surface area contributed by atoms with E-state index in [4.69, 9.17) is 9.47 Å². The van der Waals surface area contributed by atoms with Gasteiger partial charge in [-0.15, -0.1) is 0 Å². The summed E-state index contributed by atoms with van der Waals surface area (Å²) in [6.07, 6.45) is 0.991. The molecule has 3 nitrogen and oxygen atoms in total. The predicted octanol–water partition coefficient (Wildman–Crippen LogP) is 2.45. The Bertz CT molecular complexity index is 294. The predicted molar refractivity (Wildman–Crippen MR) is 69.0 cm³/mol. The monoisotopic (exact) mass is 287 g/mol. The van der Waals surface area contributed by atoms with E-state index in [2.05, 4.69) is 21.2 Å². The van der Waals surface area contributed by atoms with Crippen LogP contribution in [0.1, 0.15) is 6.42 Å². The molecule has 0 atom stereocenters. The summed E-state index contributed by atoms with van der Waals surface area (Å²) in [6.45, 7) is 3.33. The summed E-state index contributed by atoms with van der Waals surface area (Å²) in [4.78, 5) is 0. The van der Waals surface area contributed by atoms with Crippen LogP contribution in [0, 0.1) is 0 Å². The van der Waals surface area contributed by atoms with Gasteiger partial charge in [-0.05, 0) is 41.0 Å². The summed E-state index contributed by atoms with van der Waals surface area (Å²) >= 11 is 3.44. The highest BCUT2D eigenvalue weighted by Gasteiger charge is 1.98. The Morgan fingerprint density at radius 2 is 2.00 bits per heavy atom. The summed E-state index contributed by atoms with van der Waals surface area (Å²) in [6, 6.07) is 7.88. The number of benzene rings is 1. The summed E-state index contributed by atoms with van der Waals surface area (Å²) in [7, 11) is 1.71.